The quantitative estimate of drug-likeness (QED) is 0.573. The highest BCUT2D eigenvalue weighted by Crippen LogP contribution is 2.16. The summed E-state index contributed by atoms with van der Waals surface area (Å²) >= 11 is 0. The maximum absolute atomic E-state index is 8.66. The van der Waals surface area contributed by atoms with Gasteiger partial charge in [0.1, 0.15) is 6.10 Å². The number of rotatable bonds is 1. The van der Waals surface area contributed by atoms with Crippen LogP contribution in [0.4, 0.5) is 0 Å². The zero-order valence-corrected chi connectivity index (χ0v) is 6.46. The van der Waals surface area contributed by atoms with E-state index in [9.17, 15) is 0 Å². The lowest BCUT2D eigenvalue weighted by Crippen LogP contribution is -2.43. The van der Waals surface area contributed by atoms with E-state index >= 15 is 0 Å². The van der Waals surface area contributed by atoms with Crippen molar-refractivity contribution >= 4 is 0 Å². The third kappa shape index (κ3) is 1.94. The molecule has 1 atom stereocenters. The monoisotopic (exact) mass is 146 g/mol. The molecule has 0 saturated carbocycles. The van der Waals surface area contributed by atoms with Gasteiger partial charge in [-0.2, -0.15) is 0 Å². The minimum atomic E-state index is -0.175. The lowest BCUT2D eigenvalue weighted by molar-refractivity contribution is -0.183. The van der Waals surface area contributed by atoms with Crippen LogP contribution >= 0.6 is 0 Å². The standard InChI is InChI=1S/C7H14O3/c1-7(2)5-9-6(3-8)4-10-7/h6,8H,3-5H2,1-2H3. The first-order chi connectivity index (χ1) is 4.64. The summed E-state index contributed by atoms with van der Waals surface area (Å²) in [4.78, 5) is 0. The van der Waals surface area contributed by atoms with Crippen molar-refractivity contribution in [3.05, 3.63) is 0 Å². The fourth-order valence-electron chi connectivity index (χ4n) is 0.832. The summed E-state index contributed by atoms with van der Waals surface area (Å²) in [5, 5.41) is 8.66. The topological polar surface area (TPSA) is 38.7 Å². The Morgan fingerprint density at radius 1 is 1.60 bits per heavy atom. The summed E-state index contributed by atoms with van der Waals surface area (Å²) in [5.74, 6) is 0. The SMILES string of the molecule is CC1(C)COC(CO)CO1. The van der Waals surface area contributed by atoms with Gasteiger partial charge in [0.2, 0.25) is 0 Å². The second-order valence-corrected chi connectivity index (χ2v) is 3.19. The van der Waals surface area contributed by atoms with Gasteiger partial charge in [-0.1, -0.05) is 0 Å². The van der Waals surface area contributed by atoms with E-state index in [4.69, 9.17) is 14.6 Å². The zero-order chi connectivity index (χ0) is 7.61. The van der Waals surface area contributed by atoms with E-state index < -0.39 is 0 Å². The average molecular weight is 146 g/mol. The smallest absolute Gasteiger partial charge is 0.104 e. The van der Waals surface area contributed by atoms with Gasteiger partial charge in [-0.05, 0) is 13.8 Å². The molecule has 0 spiro atoms. The van der Waals surface area contributed by atoms with E-state index in [2.05, 4.69) is 0 Å². The normalized spacial score (nSPS) is 32.1. The highest BCUT2D eigenvalue weighted by molar-refractivity contribution is 4.74. The summed E-state index contributed by atoms with van der Waals surface area (Å²) in [6.07, 6.45) is -0.118. The largest absolute Gasteiger partial charge is 0.394 e. The lowest BCUT2D eigenvalue weighted by Gasteiger charge is -2.34. The maximum Gasteiger partial charge on any atom is 0.104 e. The van der Waals surface area contributed by atoms with Crippen molar-refractivity contribution in [3.8, 4) is 0 Å². The van der Waals surface area contributed by atoms with Crippen LogP contribution in [0.1, 0.15) is 13.8 Å². The fourth-order valence-corrected chi connectivity index (χ4v) is 0.832. The molecular weight excluding hydrogens is 132 g/mol. The predicted octanol–water partition coefficient (Wildman–Crippen LogP) is 0.173. The van der Waals surface area contributed by atoms with E-state index in [1.54, 1.807) is 0 Å². The van der Waals surface area contributed by atoms with Gasteiger partial charge < -0.3 is 14.6 Å². The Bertz CT molecular complexity index is 101. The van der Waals surface area contributed by atoms with Crippen molar-refractivity contribution in [1.29, 1.82) is 0 Å². The minimum Gasteiger partial charge on any atom is -0.394 e. The Labute approximate surface area is 60.9 Å². The number of aliphatic hydroxyl groups is 1. The fraction of sp³-hybridized carbons (Fsp3) is 1.00. The first kappa shape index (κ1) is 7.98. The van der Waals surface area contributed by atoms with Gasteiger partial charge in [0.25, 0.3) is 0 Å². The van der Waals surface area contributed by atoms with E-state index in [0.717, 1.165) is 0 Å². The summed E-state index contributed by atoms with van der Waals surface area (Å²) in [7, 11) is 0. The van der Waals surface area contributed by atoms with E-state index in [1.807, 2.05) is 13.8 Å². The predicted molar refractivity (Wildman–Crippen MR) is 36.9 cm³/mol. The van der Waals surface area contributed by atoms with Crippen molar-refractivity contribution in [3.63, 3.8) is 0 Å². The summed E-state index contributed by atoms with van der Waals surface area (Å²) in [6.45, 7) is 5.07. The molecule has 1 rings (SSSR count). The van der Waals surface area contributed by atoms with Gasteiger partial charge in [0.05, 0.1) is 25.4 Å². The second-order valence-electron chi connectivity index (χ2n) is 3.19. The van der Waals surface area contributed by atoms with Crippen LogP contribution in [0.25, 0.3) is 0 Å². The van der Waals surface area contributed by atoms with Crippen LogP contribution in [0.2, 0.25) is 0 Å². The Morgan fingerprint density at radius 2 is 2.30 bits per heavy atom. The van der Waals surface area contributed by atoms with Crippen molar-refractivity contribution in [1.82, 2.24) is 0 Å². The van der Waals surface area contributed by atoms with Crippen LogP contribution in [0.3, 0.4) is 0 Å². The van der Waals surface area contributed by atoms with Crippen molar-refractivity contribution in [2.24, 2.45) is 0 Å². The summed E-state index contributed by atoms with van der Waals surface area (Å²) in [6, 6.07) is 0. The van der Waals surface area contributed by atoms with E-state index in [1.165, 1.54) is 0 Å². The molecule has 1 unspecified atom stereocenters. The molecule has 1 saturated heterocycles. The summed E-state index contributed by atoms with van der Waals surface area (Å²) in [5.41, 5.74) is -0.175. The molecule has 1 fully saturated rings. The van der Waals surface area contributed by atoms with Gasteiger partial charge in [-0.3, -0.25) is 0 Å². The second kappa shape index (κ2) is 2.86. The molecule has 0 aliphatic carbocycles. The number of hydrogen-bond donors (Lipinski definition) is 1. The van der Waals surface area contributed by atoms with Gasteiger partial charge in [0.15, 0.2) is 0 Å². The molecular formula is C7H14O3. The van der Waals surface area contributed by atoms with Crippen LogP contribution in [0.15, 0.2) is 0 Å². The molecule has 3 nitrogen and oxygen atoms in total. The molecule has 10 heavy (non-hydrogen) atoms. The molecule has 0 radical (unpaired) electrons. The molecule has 0 aromatic heterocycles. The first-order valence-electron chi connectivity index (χ1n) is 3.50. The zero-order valence-electron chi connectivity index (χ0n) is 6.46. The minimum absolute atomic E-state index is 0.0517. The van der Waals surface area contributed by atoms with Crippen molar-refractivity contribution in [2.45, 2.75) is 25.6 Å². The van der Waals surface area contributed by atoms with Crippen molar-refractivity contribution in [2.75, 3.05) is 19.8 Å². The third-order valence-electron chi connectivity index (χ3n) is 1.53. The van der Waals surface area contributed by atoms with Crippen LogP contribution in [0, 0.1) is 0 Å². The molecule has 1 N–H and O–H groups in total. The molecule has 0 aromatic rings. The number of hydrogen-bond acceptors (Lipinski definition) is 3. The Hall–Kier alpha value is -0.120. The van der Waals surface area contributed by atoms with Crippen LogP contribution in [-0.2, 0) is 9.47 Å². The highest BCUT2D eigenvalue weighted by atomic mass is 16.6. The molecule has 0 aromatic carbocycles. The molecule has 1 heterocycles. The molecule has 0 bridgehead atoms. The molecule has 60 valence electrons. The van der Waals surface area contributed by atoms with Gasteiger partial charge >= 0.3 is 0 Å². The first-order valence-corrected chi connectivity index (χ1v) is 3.50. The Kier molecular flexibility index (Phi) is 2.28. The van der Waals surface area contributed by atoms with E-state index in [0.29, 0.717) is 13.2 Å². The summed E-state index contributed by atoms with van der Waals surface area (Å²) < 4.78 is 10.7. The van der Waals surface area contributed by atoms with Crippen molar-refractivity contribution < 1.29 is 14.6 Å². The Morgan fingerprint density at radius 3 is 2.70 bits per heavy atom. The highest BCUT2D eigenvalue weighted by Gasteiger charge is 2.27. The molecule has 1 aliphatic heterocycles. The lowest BCUT2D eigenvalue weighted by atomic mass is 10.1. The van der Waals surface area contributed by atoms with Gasteiger partial charge in [0, 0.05) is 0 Å². The molecule has 1 aliphatic rings. The Balaban J connectivity index is 2.31. The van der Waals surface area contributed by atoms with Gasteiger partial charge in [-0.15, -0.1) is 0 Å². The van der Waals surface area contributed by atoms with E-state index in [-0.39, 0.29) is 18.3 Å². The van der Waals surface area contributed by atoms with Gasteiger partial charge in [-0.25, -0.2) is 0 Å². The third-order valence-corrected chi connectivity index (χ3v) is 1.53. The molecule has 3 heteroatoms. The van der Waals surface area contributed by atoms with Crippen LogP contribution < -0.4 is 0 Å². The maximum atomic E-state index is 8.66. The van der Waals surface area contributed by atoms with Crippen LogP contribution in [0.5, 0.6) is 0 Å². The number of aliphatic hydroxyl groups excluding tert-OH is 1. The van der Waals surface area contributed by atoms with Crippen LogP contribution in [-0.4, -0.2) is 36.6 Å². The number of ether oxygens (including phenoxy) is 2. The molecule has 0 amide bonds. The average Bonchev–Trinajstić information content (AvgIpc) is 1.88.